The van der Waals surface area contributed by atoms with Crippen molar-refractivity contribution in [1.29, 1.82) is 0 Å². The van der Waals surface area contributed by atoms with Crippen LogP contribution in [0.2, 0.25) is 0 Å². The molecule has 2 rings (SSSR count). The zero-order chi connectivity index (χ0) is 20.0. The van der Waals surface area contributed by atoms with Crippen molar-refractivity contribution in [3.05, 3.63) is 41.1 Å². The minimum atomic E-state index is -0.566. The number of rotatable bonds is 8. The second kappa shape index (κ2) is 9.41. The summed E-state index contributed by atoms with van der Waals surface area (Å²) in [5.74, 6) is 0.301. The quantitative estimate of drug-likeness (QED) is 0.707. The average Bonchev–Trinajstić information content (AvgIpc) is 2.69. The molecule has 0 fully saturated rings. The topological polar surface area (TPSA) is 71.1 Å². The summed E-state index contributed by atoms with van der Waals surface area (Å²) in [5.41, 5.74) is 1.94. The molecule has 0 spiro atoms. The number of hydrogen-bond donors (Lipinski definition) is 1. The van der Waals surface area contributed by atoms with Gasteiger partial charge in [0.2, 0.25) is 0 Å². The van der Waals surface area contributed by atoms with Crippen molar-refractivity contribution in [2.24, 2.45) is 0 Å². The van der Waals surface area contributed by atoms with Crippen molar-refractivity contribution in [2.45, 2.75) is 26.8 Å². The molecular formula is C20H29N3O4. The first-order valence-corrected chi connectivity index (χ1v) is 9.27. The Hall–Kier alpha value is -2.54. The molecule has 1 N–H and O–H groups in total. The van der Waals surface area contributed by atoms with Gasteiger partial charge in [-0.05, 0) is 37.7 Å². The van der Waals surface area contributed by atoms with Gasteiger partial charge in [0.15, 0.2) is 0 Å². The van der Waals surface area contributed by atoms with Gasteiger partial charge in [0.05, 0.1) is 25.3 Å². The van der Waals surface area contributed by atoms with Gasteiger partial charge < -0.3 is 14.8 Å². The van der Waals surface area contributed by atoms with E-state index in [-0.39, 0.29) is 12.6 Å². The number of nitrogens with zero attached hydrogens (tertiary/aromatic N) is 2. The summed E-state index contributed by atoms with van der Waals surface area (Å²) in [6.45, 7) is 8.29. The summed E-state index contributed by atoms with van der Waals surface area (Å²) >= 11 is 0. The normalized spacial score (nSPS) is 17.2. The first-order chi connectivity index (χ1) is 13.0. The Kier molecular flexibility index (Phi) is 7.24. The minimum Gasteiger partial charge on any atom is -0.497 e. The van der Waals surface area contributed by atoms with Crippen LogP contribution in [0.3, 0.4) is 0 Å². The molecule has 2 amide bonds. The molecule has 1 heterocycles. The summed E-state index contributed by atoms with van der Waals surface area (Å²) in [5, 5.41) is 2.92. The second-order valence-corrected chi connectivity index (χ2v) is 6.26. The average molecular weight is 375 g/mol. The van der Waals surface area contributed by atoms with Crippen molar-refractivity contribution in [2.75, 3.05) is 40.4 Å². The molecule has 1 aromatic carbocycles. The molecule has 0 radical (unpaired) electrons. The van der Waals surface area contributed by atoms with E-state index in [9.17, 15) is 9.59 Å². The predicted octanol–water partition coefficient (Wildman–Crippen LogP) is 2.55. The highest BCUT2D eigenvalue weighted by Gasteiger charge is 2.37. The van der Waals surface area contributed by atoms with Crippen LogP contribution in [0.4, 0.5) is 4.79 Å². The smallest absolute Gasteiger partial charge is 0.338 e. The van der Waals surface area contributed by atoms with Gasteiger partial charge in [-0.25, -0.2) is 9.59 Å². The molecule has 0 saturated heterocycles. The number of nitrogens with one attached hydrogen (secondary N) is 1. The van der Waals surface area contributed by atoms with E-state index in [0.717, 1.165) is 18.7 Å². The van der Waals surface area contributed by atoms with Gasteiger partial charge in [0, 0.05) is 19.3 Å². The lowest BCUT2D eigenvalue weighted by atomic mass is 9.94. The van der Waals surface area contributed by atoms with Crippen molar-refractivity contribution in [3.63, 3.8) is 0 Å². The second-order valence-electron chi connectivity index (χ2n) is 6.26. The number of hydrogen-bond acceptors (Lipinski definition) is 5. The molecule has 0 bridgehead atoms. The molecule has 0 aromatic heterocycles. The van der Waals surface area contributed by atoms with E-state index < -0.39 is 12.0 Å². The zero-order valence-corrected chi connectivity index (χ0v) is 16.7. The Morgan fingerprint density at radius 3 is 2.33 bits per heavy atom. The molecule has 0 saturated carbocycles. The highest BCUT2D eigenvalue weighted by Crippen LogP contribution is 2.32. The first kappa shape index (κ1) is 20.8. The number of carbonyl (C=O) groups is 2. The van der Waals surface area contributed by atoms with E-state index in [1.54, 1.807) is 21.1 Å². The summed E-state index contributed by atoms with van der Waals surface area (Å²) in [6.07, 6.45) is 0. The number of methoxy groups -OCH3 is 1. The molecule has 1 aliphatic heterocycles. The number of esters is 1. The van der Waals surface area contributed by atoms with Crippen LogP contribution < -0.4 is 10.1 Å². The lowest BCUT2D eigenvalue weighted by Crippen LogP contribution is -2.49. The van der Waals surface area contributed by atoms with Crippen molar-refractivity contribution >= 4 is 12.0 Å². The molecule has 1 atom stereocenters. The van der Waals surface area contributed by atoms with Gasteiger partial charge in [0.25, 0.3) is 0 Å². The lowest BCUT2D eigenvalue weighted by molar-refractivity contribution is -0.139. The van der Waals surface area contributed by atoms with E-state index in [1.807, 2.05) is 24.3 Å². The Balaban J connectivity index is 2.55. The van der Waals surface area contributed by atoms with Crippen LogP contribution >= 0.6 is 0 Å². The number of benzene rings is 1. The van der Waals surface area contributed by atoms with Gasteiger partial charge in [-0.3, -0.25) is 9.80 Å². The summed E-state index contributed by atoms with van der Waals surface area (Å²) in [7, 11) is 3.27. The van der Waals surface area contributed by atoms with Gasteiger partial charge in [0.1, 0.15) is 5.75 Å². The van der Waals surface area contributed by atoms with Gasteiger partial charge in [-0.2, -0.15) is 0 Å². The van der Waals surface area contributed by atoms with E-state index in [1.165, 1.54) is 4.90 Å². The van der Waals surface area contributed by atoms with Gasteiger partial charge in [-0.15, -0.1) is 0 Å². The lowest BCUT2D eigenvalue weighted by Gasteiger charge is -2.36. The van der Waals surface area contributed by atoms with Crippen molar-refractivity contribution in [3.8, 4) is 5.75 Å². The van der Waals surface area contributed by atoms with Crippen LogP contribution in [0, 0.1) is 0 Å². The Bertz CT molecular complexity index is 696. The summed E-state index contributed by atoms with van der Waals surface area (Å²) < 4.78 is 10.5. The highest BCUT2D eigenvalue weighted by molar-refractivity contribution is 5.95. The van der Waals surface area contributed by atoms with Crippen LogP contribution in [0.15, 0.2) is 35.5 Å². The van der Waals surface area contributed by atoms with E-state index in [0.29, 0.717) is 23.6 Å². The maximum absolute atomic E-state index is 12.8. The number of likely N-dealkylation sites (N-methyl/N-ethyl adjacent to an activating group) is 2. The molecular weight excluding hydrogens is 346 g/mol. The van der Waals surface area contributed by atoms with E-state index >= 15 is 0 Å². The monoisotopic (exact) mass is 375 g/mol. The summed E-state index contributed by atoms with van der Waals surface area (Å²) in [6, 6.07) is 6.52. The third-order valence-corrected chi connectivity index (χ3v) is 4.79. The van der Waals surface area contributed by atoms with E-state index in [4.69, 9.17) is 9.47 Å². The summed E-state index contributed by atoms with van der Waals surface area (Å²) in [4.78, 5) is 29.1. The van der Waals surface area contributed by atoms with Crippen molar-refractivity contribution in [1.82, 2.24) is 15.1 Å². The number of urea groups is 1. The van der Waals surface area contributed by atoms with E-state index in [2.05, 4.69) is 24.1 Å². The van der Waals surface area contributed by atoms with Gasteiger partial charge in [-0.1, -0.05) is 26.0 Å². The Morgan fingerprint density at radius 2 is 1.81 bits per heavy atom. The van der Waals surface area contributed by atoms with Crippen LogP contribution in [-0.4, -0.2) is 62.2 Å². The van der Waals surface area contributed by atoms with Crippen LogP contribution in [-0.2, 0) is 9.53 Å². The molecule has 148 valence electrons. The van der Waals surface area contributed by atoms with Gasteiger partial charge >= 0.3 is 12.0 Å². The fourth-order valence-electron chi connectivity index (χ4n) is 3.10. The Labute approximate surface area is 160 Å². The fraction of sp³-hybridized carbons (Fsp3) is 0.500. The number of ether oxygens (including phenoxy) is 2. The molecule has 1 unspecified atom stereocenters. The molecule has 1 aromatic rings. The molecule has 1 aliphatic rings. The molecule has 27 heavy (non-hydrogen) atoms. The minimum absolute atomic E-state index is 0.244. The molecule has 7 nitrogen and oxygen atoms in total. The zero-order valence-electron chi connectivity index (χ0n) is 16.7. The number of amides is 2. The predicted molar refractivity (Wildman–Crippen MR) is 103 cm³/mol. The standard InChI is InChI=1S/C20H29N3O4/c1-6-23(7-2)13-16-17(19(24)27-8-3)18(21-20(25)22(16)4)14-9-11-15(26-5)12-10-14/h9-12,18H,6-8,13H2,1-5H3,(H,21,25). The first-order valence-electron chi connectivity index (χ1n) is 9.27. The van der Waals surface area contributed by atoms with Crippen LogP contribution in [0.1, 0.15) is 32.4 Å². The maximum atomic E-state index is 12.8. The third kappa shape index (κ3) is 4.60. The number of carbonyl (C=O) groups excluding carboxylic acids is 2. The third-order valence-electron chi connectivity index (χ3n) is 4.79. The maximum Gasteiger partial charge on any atom is 0.338 e. The largest absolute Gasteiger partial charge is 0.497 e. The highest BCUT2D eigenvalue weighted by atomic mass is 16.5. The van der Waals surface area contributed by atoms with Crippen molar-refractivity contribution < 1.29 is 19.1 Å². The molecule has 0 aliphatic carbocycles. The van der Waals surface area contributed by atoms with Crippen LogP contribution in [0.5, 0.6) is 5.75 Å². The fourth-order valence-corrected chi connectivity index (χ4v) is 3.10. The SMILES string of the molecule is CCOC(=O)C1=C(CN(CC)CC)N(C)C(=O)NC1c1ccc(OC)cc1. The molecule has 7 heteroatoms. The van der Waals surface area contributed by atoms with Crippen LogP contribution in [0.25, 0.3) is 0 Å². The Morgan fingerprint density at radius 1 is 1.19 bits per heavy atom.